The number of rotatable bonds is 5. The van der Waals surface area contributed by atoms with Gasteiger partial charge >= 0.3 is 5.97 Å². The van der Waals surface area contributed by atoms with Crippen LogP contribution in [-0.4, -0.2) is 35.6 Å². The number of esters is 1. The van der Waals surface area contributed by atoms with E-state index >= 15 is 0 Å². The molecule has 1 saturated heterocycles. The zero-order valence-electron chi connectivity index (χ0n) is 14.7. The molecule has 0 aliphatic carbocycles. The van der Waals surface area contributed by atoms with Gasteiger partial charge in [0.1, 0.15) is 5.82 Å². The molecule has 1 N–H and O–H groups in total. The van der Waals surface area contributed by atoms with Gasteiger partial charge in [-0.05, 0) is 56.0 Å². The van der Waals surface area contributed by atoms with Crippen molar-refractivity contribution in [2.45, 2.75) is 26.7 Å². The average molecular weight is 340 g/mol. The molecule has 6 heteroatoms. The molecule has 0 bridgehead atoms. The van der Waals surface area contributed by atoms with Crippen molar-refractivity contribution in [3.63, 3.8) is 0 Å². The highest BCUT2D eigenvalue weighted by atomic mass is 16.5. The van der Waals surface area contributed by atoms with Crippen LogP contribution in [0.5, 0.6) is 0 Å². The van der Waals surface area contributed by atoms with Gasteiger partial charge in [-0.1, -0.05) is 6.92 Å². The predicted octanol–water partition coefficient (Wildman–Crippen LogP) is 3.63. The second-order valence-electron chi connectivity index (χ2n) is 6.33. The van der Waals surface area contributed by atoms with Crippen LogP contribution in [0.1, 0.15) is 37.0 Å². The highest BCUT2D eigenvalue weighted by molar-refractivity contribution is 5.89. The first-order valence-corrected chi connectivity index (χ1v) is 8.78. The van der Waals surface area contributed by atoms with Crippen molar-refractivity contribution in [1.29, 1.82) is 0 Å². The van der Waals surface area contributed by atoms with E-state index in [2.05, 4.69) is 27.1 Å². The second kappa shape index (κ2) is 7.96. The smallest absolute Gasteiger partial charge is 0.338 e. The summed E-state index contributed by atoms with van der Waals surface area (Å²) in [5, 5.41) is 3.26. The molecule has 1 fully saturated rings. The van der Waals surface area contributed by atoms with Gasteiger partial charge in [-0.3, -0.25) is 0 Å². The summed E-state index contributed by atoms with van der Waals surface area (Å²) in [6, 6.07) is 9.02. The van der Waals surface area contributed by atoms with Gasteiger partial charge in [-0.2, -0.15) is 4.98 Å². The topological polar surface area (TPSA) is 67.3 Å². The molecule has 0 saturated carbocycles. The molecule has 132 valence electrons. The zero-order chi connectivity index (χ0) is 17.6. The lowest BCUT2D eigenvalue weighted by molar-refractivity contribution is 0.0526. The third kappa shape index (κ3) is 4.47. The van der Waals surface area contributed by atoms with Crippen molar-refractivity contribution < 1.29 is 9.53 Å². The van der Waals surface area contributed by atoms with Crippen LogP contribution in [0.15, 0.2) is 36.5 Å². The predicted molar refractivity (Wildman–Crippen MR) is 98.3 cm³/mol. The van der Waals surface area contributed by atoms with Crippen LogP contribution in [-0.2, 0) is 4.74 Å². The Labute approximate surface area is 148 Å². The van der Waals surface area contributed by atoms with Crippen molar-refractivity contribution >= 4 is 23.4 Å². The molecule has 2 heterocycles. The number of piperidine rings is 1. The Balaban J connectivity index is 1.67. The Morgan fingerprint density at radius 1 is 1.24 bits per heavy atom. The van der Waals surface area contributed by atoms with Crippen molar-refractivity contribution in [3.8, 4) is 0 Å². The highest BCUT2D eigenvalue weighted by Gasteiger charge is 2.18. The maximum Gasteiger partial charge on any atom is 0.338 e. The standard InChI is InChI=1S/C19H24N4O2/c1-3-25-18(24)15-4-6-16(7-5-15)21-17-8-11-20-19(22-17)23-12-9-14(2)10-13-23/h4-8,11,14H,3,9-10,12-13H2,1-2H3,(H,20,21,22). The number of benzene rings is 1. The number of hydrogen-bond acceptors (Lipinski definition) is 6. The zero-order valence-corrected chi connectivity index (χ0v) is 14.7. The van der Waals surface area contributed by atoms with Crippen LogP contribution in [0.25, 0.3) is 0 Å². The Morgan fingerprint density at radius 3 is 2.64 bits per heavy atom. The first-order valence-electron chi connectivity index (χ1n) is 8.78. The molecular weight excluding hydrogens is 316 g/mol. The summed E-state index contributed by atoms with van der Waals surface area (Å²) < 4.78 is 4.99. The van der Waals surface area contributed by atoms with E-state index in [1.165, 1.54) is 12.8 Å². The Bertz CT molecular complexity index is 710. The Kier molecular flexibility index (Phi) is 5.48. The lowest BCUT2D eigenvalue weighted by Gasteiger charge is -2.30. The maximum atomic E-state index is 11.7. The molecule has 0 spiro atoms. The van der Waals surface area contributed by atoms with E-state index in [1.807, 2.05) is 18.2 Å². The minimum Gasteiger partial charge on any atom is -0.462 e. The number of nitrogens with zero attached hydrogens (tertiary/aromatic N) is 3. The third-order valence-electron chi connectivity index (χ3n) is 4.38. The van der Waals surface area contributed by atoms with Gasteiger partial charge in [-0.25, -0.2) is 9.78 Å². The number of aromatic nitrogens is 2. The number of ether oxygens (including phenoxy) is 1. The third-order valence-corrected chi connectivity index (χ3v) is 4.38. The molecule has 0 unspecified atom stereocenters. The highest BCUT2D eigenvalue weighted by Crippen LogP contribution is 2.22. The quantitative estimate of drug-likeness (QED) is 0.838. The van der Waals surface area contributed by atoms with Crippen LogP contribution in [0, 0.1) is 5.92 Å². The average Bonchev–Trinajstić information content (AvgIpc) is 2.63. The lowest BCUT2D eigenvalue weighted by Crippen LogP contribution is -2.34. The molecule has 0 amide bonds. The van der Waals surface area contributed by atoms with Crippen LogP contribution in [0.3, 0.4) is 0 Å². The minimum atomic E-state index is -0.308. The molecule has 1 aliphatic rings. The first-order chi connectivity index (χ1) is 12.2. The Morgan fingerprint density at radius 2 is 1.96 bits per heavy atom. The summed E-state index contributed by atoms with van der Waals surface area (Å²) in [6.07, 6.45) is 4.13. The van der Waals surface area contributed by atoms with Gasteiger partial charge in [0.05, 0.1) is 12.2 Å². The molecule has 1 aromatic carbocycles. The molecule has 1 aromatic heterocycles. The maximum absolute atomic E-state index is 11.7. The van der Waals surface area contributed by atoms with E-state index in [4.69, 9.17) is 4.74 Å². The summed E-state index contributed by atoms with van der Waals surface area (Å²) in [5.41, 5.74) is 1.41. The van der Waals surface area contributed by atoms with Crippen molar-refractivity contribution in [2.24, 2.45) is 5.92 Å². The molecule has 0 radical (unpaired) electrons. The van der Waals surface area contributed by atoms with Crippen LogP contribution >= 0.6 is 0 Å². The fourth-order valence-electron chi connectivity index (χ4n) is 2.83. The number of anilines is 3. The van der Waals surface area contributed by atoms with Gasteiger partial charge in [0, 0.05) is 25.0 Å². The summed E-state index contributed by atoms with van der Waals surface area (Å²) in [4.78, 5) is 22.9. The van der Waals surface area contributed by atoms with Crippen LogP contribution in [0.4, 0.5) is 17.5 Å². The fourth-order valence-corrected chi connectivity index (χ4v) is 2.83. The molecule has 25 heavy (non-hydrogen) atoms. The molecule has 3 rings (SSSR count). The van der Waals surface area contributed by atoms with E-state index in [1.54, 1.807) is 25.3 Å². The SMILES string of the molecule is CCOC(=O)c1ccc(Nc2ccnc(N3CCC(C)CC3)n2)cc1. The largest absolute Gasteiger partial charge is 0.462 e. The molecule has 2 aromatic rings. The number of hydrogen-bond donors (Lipinski definition) is 1. The van der Waals surface area contributed by atoms with Crippen molar-refractivity contribution in [3.05, 3.63) is 42.1 Å². The number of carbonyl (C=O) groups is 1. The van der Waals surface area contributed by atoms with E-state index in [9.17, 15) is 4.79 Å². The Hall–Kier alpha value is -2.63. The van der Waals surface area contributed by atoms with E-state index in [-0.39, 0.29) is 5.97 Å². The fraction of sp³-hybridized carbons (Fsp3) is 0.421. The van der Waals surface area contributed by atoms with Crippen molar-refractivity contribution in [1.82, 2.24) is 9.97 Å². The summed E-state index contributed by atoms with van der Waals surface area (Å²) >= 11 is 0. The normalized spacial score (nSPS) is 15.0. The van der Waals surface area contributed by atoms with Crippen LogP contribution in [0.2, 0.25) is 0 Å². The van der Waals surface area contributed by atoms with Gasteiger partial charge < -0.3 is 15.0 Å². The van der Waals surface area contributed by atoms with E-state index in [0.29, 0.717) is 12.2 Å². The lowest BCUT2D eigenvalue weighted by atomic mass is 10.00. The monoisotopic (exact) mass is 340 g/mol. The first kappa shape index (κ1) is 17.2. The number of carbonyl (C=O) groups excluding carboxylic acids is 1. The molecule has 0 atom stereocenters. The van der Waals surface area contributed by atoms with E-state index in [0.717, 1.165) is 36.5 Å². The molecule has 1 aliphatic heterocycles. The number of nitrogens with one attached hydrogen (secondary N) is 1. The second-order valence-corrected chi connectivity index (χ2v) is 6.33. The van der Waals surface area contributed by atoms with Gasteiger partial charge in [0.15, 0.2) is 0 Å². The summed E-state index contributed by atoms with van der Waals surface area (Å²) in [6.45, 7) is 6.45. The van der Waals surface area contributed by atoms with Gasteiger partial charge in [0.2, 0.25) is 5.95 Å². The summed E-state index contributed by atoms with van der Waals surface area (Å²) in [7, 11) is 0. The molecular formula is C19H24N4O2. The van der Waals surface area contributed by atoms with Crippen LogP contribution < -0.4 is 10.2 Å². The minimum absolute atomic E-state index is 0.308. The van der Waals surface area contributed by atoms with E-state index < -0.39 is 0 Å². The van der Waals surface area contributed by atoms with Gasteiger partial charge in [0.25, 0.3) is 0 Å². The van der Waals surface area contributed by atoms with Gasteiger partial charge in [-0.15, -0.1) is 0 Å². The van der Waals surface area contributed by atoms with Crippen molar-refractivity contribution in [2.75, 3.05) is 29.9 Å². The summed E-state index contributed by atoms with van der Waals surface area (Å²) in [5.74, 6) is 1.97. The molecule has 6 nitrogen and oxygen atoms in total.